The van der Waals surface area contributed by atoms with Gasteiger partial charge in [0.15, 0.2) is 0 Å². The number of halogens is 1. The van der Waals surface area contributed by atoms with Gasteiger partial charge in [0, 0.05) is 19.2 Å². The average Bonchev–Trinajstić information content (AvgIpc) is 2.41. The number of nitrogens with one attached hydrogen (secondary N) is 1. The first-order valence-corrected chi connectivity index (χ1v) is 7.93. The van der Waals surface area contributed by atoms with E-state index in [1.54, 1.807) is 12.1 Å². The molecule has 0 aliphatic heterocycles. The fraction of sp³-hybridized carbons (Fsp3) is 0.600. The van der Waals surface area contributed by atoms with Gasteiger partial charge in [-0.1, -0.05) is 32.3 Å². The van der Waals surface area contributed by atoms with Gasteiger partial charge in [-0.2, -0.15) is 0 Å². The number of nitro groups is 1. The van der Waals surface area contributed by atoms with Crippen molar-refractivity contribution in [2.75, 3.05) is 6.54 Å². The van der Waals surface area contributed by atoms with Gasteiger partial charge in [0.2, 0.25) is 0 Å². The quantitative estimate of drug-likeness (QED) is 0.637. The van der Waals surface area contributed by atoms with Crippen LogP contribution in [0.15, 0.2) is 22.7 Å². The van der Waals surface area contributed by atoms with Gasteiger partial charge in [0.1, 0.15) is 0 Å². The smallest absolute Gasteiger partial charge is 0.283 e. The summed E-state index contributed by atoms with van der Waals surface area (Å²) in [6.45, 7) is 4.00. The molecule has 0 aromatic heterocycles. The van der Waals surface area contributed by atoms with E-state index in [0.29, 0.717) is 16.4 Å². The van der Waals surface area contributed by atoms with E-state index in [2.05, 4.69) is 28.2 Å². The lowest BCUT2D eigenvalue weighted by atomic mass is 9.76. The monoisotopic (exact) mass is 340 g/mol. The van der Waals surface area contributed by atoms with Crippen molar-refractivity contribution in [2.24, 2.45) is 5.41 Å². The molecule has 0 bridgehead atoms. The molecule has 0 atom stereocenters. The Morgan fingerprint density at radius 2 is 2.05 bits per heavy atom. The number of nitrogens with zero attached hydrogens (tertiary/aromatic N) is 1. The Hall–Kier alpha value is -0.940. The summed E-state index contributed by atoms with van der Waals surface area (Å²) >= 11 is 3.21. The van der Waals surface area contributed by atoms with Crippen LogP contribution >= 0.6 is 15.9 Å². The zero-order valence-electron chi connectivity index (χ0n) is 11.8. The molecule has 1 saturated carbocycles. The van der Waals surface area contributed by atoms with Crippen molar-refractivity contribution in [3.63, 3.8) is 0 Å². The van der Waals surface area contributed by atoms with E-state index in [1.165, 1.54) is 32.1 Å². The first-order valence-electron chi connectivity index (χ1n) is 7.14. The molecular formula is C15H21BrN2O2. The molecule has 0 amide bonds. The van der Waals surface area contributed by atoms with Gasteiger partial charge < -0.3 is 5.32 Å². The minimum absolute atomic E-state index is 0.133. The topological polar surface area (TPSA) is 55.2 Å². The van der Waals surface area contributed by atoms with E-state index in [4.69, 9.17) is 0 Å². The summed E-state index contributed by atoms with van der Waals surface area (Å²) in [5, 5.41) is 14.4. The van der Waals surface area contributed by atoms with E-state index < -0.39 is 0 Å². The van der Waals surface area contributed by atoms with E-state index in [0.717, 1.165) is 12.1 Å². The molecule has 1 aromatic carbocycles. The van der Waals surface area contributed by atoms with Gasteiger partial charge in [-0.05, 0) is 45.8 Å². The molecule has 2 rings (SSSR count). The molecule has 4 nitrogen and oxygen atoms in total. The van der Waals surface area contributed by atoms with Gasteiger partial charge in [-0.25, -0.2) is 0 Å². The average molecular weight is 341 g/mol. The minimum atomic E-state index is -0.351. The van der Waals surface area contributed by atoms with Crippen LogP contribution in [0.3, 0.4) is 0 Å². The molecular weight excluding hydrogens is 320 g/mol. The highest BCUT2D eigenvalue weighted by Crippen LogP contribution is 2.35. The summed E-state index contributed by atoms with van der Waals surface area (Å²) in [6, 6.07) is 5.31. The third-order valence-corrected chi connectivity index (χ3v) is 4.82. The molecule has 5 heteroatoms. The van der Waals surface area contributed by atoms with Crippen LogP contribution in [0.25, 0.3) is 0 Å². The molecule has 0 heterocycles. The normalized spacial score (nSPS) is 17.9. The summed E-state index contributed by atoms with van der Waals surface area (Å²) in [5.74, 6) is 0. The molecule has 0 unspecified atom stereocenters. The first kappa shape index (κ1) is 15.4. The molecule has 1 aliphatic rings. The fourth-order valence-corrected chi connectivity index (χ4v) is 3.29. The largest absolute Gasteiger partial charge is 0.312 e. The van der Waals surface area contributed by atoms with E-state index in [9.17, 15) is 10.1 Å². The Morgan fingerprint density at radius 3 is 2.70 bits per heavy atom. The van der Waals surface area contributed by atoms with Crippen LogP contribution in [0.5, 0.6) is 0 Å². The highest BCUT2D eigenvalue weighted by Gasteiger charge is 2.26. The van der Waals surface area contributed by atoms with Crippen molar-refractivity contribution in [1.29, 1.82) is 0 Å². The summed E-state index contributed by atoms with van der Waals surface area (Å²) in [6.07, 6.45) is 6.55. The number of benzene rings is 1. The summed E-state index contributed by atoms with van der Waals surface area (Å²) in [7, 11) is 0. The number of hydrogen-bond acceptors (Lipinski definition) is 3. The molecule has 0 spiro atoms. The second-order valence-electron chi connectivity index (χ2n) is 6.02. The van der Waals surface area contributed by atoms with Crippen molar-refractivity contribution >= 4 is 21.6 Å². The van der Waals surface area contributed by atoms with Crippen molar-refractivity contribution < 1.29 is 4.92 Å². The molecule has 0 saturated heterocycles. The number of hydrogen-bond donors (Lipinski definition) is 1. The lowest BCUT2D eigenvalue weighted by Crippen LogP contribution is -2.33. The Balaban J connectivity index is 1.91. The second kappa shape index (κ2) is 6.68. The second-order valence-corrected chi connectivity index (χ2v) is 6.87. The zero-order chi connectivity index (χ0) is 14.6. The maximum absolute atomic E-state index is 10.9. The molecule has 110 valence electrons. The van der Waals surface area contributed by atoms with Gasteiger partial charge in [-0.3, -0.25) is 10.1 Å². The van der Waals surface area contributed by atoms with Gasteiger partial charge >= 0.3 is 0 Å². The Labute approximate surface area is 128 Å². The molecule has 1 aliphatic carbocycles. The third-order valence-electron chi connectivity index (χ3n) is 4.15. The van der Waals surface area contributed by atoms with Crippen LogP contribution in [0, 0.1) is 15.5 Å². The van der Waals surface area contributed by atoms with E-state index in [-0.39, 0.29) is 10.6 Å². The Kier molecular flexibility index (Phi) is 5.16. The van der Waals surface area contributed by atoms with Gasteiger partial charge in [0.05, 0.1) is 9.40 Å². The van der Waals surface area contributed by atoms with E-state index in [1.807, 2.05) is 6.07 Å². The van der Waals surface area contributed by atoms with Crippen LogP contribution < -0.4 is 5.32 Å². The third kappa shape index (κ3) is 4.03. The molecule has 1 aromatic rings. The number of rotatable bonds is 5. The fourth-order valence-electron chi connectivity index (χ4n) is 2.90. The first-order chi connectivity index (χ1) is 9.50. The van der Waals surface area contributed by atoms with Crippen molar-refractivity contribution in [3.8, 4) is 0 Å². The van der Waals surface area contributed by atoms with E-state index >= 15 is 0 Å². The van der Waals surface area contributed by atoms with Crippen molar-refractivity contribution in [1.82, 2.24) is 5.32 Å². The van der Waals surface area contributed by atoms with Crippen LogP contribution in [0.2, 0.25) is 0 Å². The lowest BCUT2D eigenvalue weighted by Gasteiger charge is -2.33. The lowest BCUT2D eigenvalue weighted by molar-refractivity contribution is -0.385. The van der Waals surface area contributed by atoms with Crippen molar-refractivity contribution in [2.45, 2.75) is 45.6 Å². The van der Waals surface area contributed by atoms with Crippen LogP contribution in [0.4, 0.5) is 5.69 Å². The number of nitro benzene ring substituents is 1. The maximum Gasteiger partial charge on any atom is 0.283 e. The van der Waals surface area contributed by atoms with Crippen LogP contribution in [-0.2, 0) is 6.54 Å². The molecule has 1 N–H and O–H groups in total. The Bertz CT molecular complexity index is 485. The molecule has 20 heavy (non-hydrogen) atoms. The summed E-state index contributed by atoms with van der Waals surface area (Å²) < 4.78 is 0.533. The summed E-state index contributed by atoms with van der Waals surface area (Å²) in [4.78, 5) is 10.6. The van der Waals surface area contributed by atoms with Crippen molar-refractivity contribution in [3.05, 3.63) is 38.3 Å². The maximum atomic E-state index is 10.9. The SMILES string of the molecule is CC1(CNCc2ccc(Br)c([N+](=O)[O-])c2)CCCCC1. The highest BCUT2D eigenvalue weighted by atomic mass is 79.9. The predicted octanol–water partition coefficient (Wildman–Crippen LogP) is 4.42. The van der Waals surface area contributed by atoms with Gasteiger partial charge in [-0.15, -0.1) is 0 Å². The van der Waals surface area contributed by atoms with Crippen LogP contribution in [0.1, 0.15) is 44.6 Å². The highest BCUT2D eigenvalue weighted by molar-refractivity contribution is 9.10. The summed E-state index contributed by atoms with van der Waals surface area (Å²) in [5.41, 5.74) is 1.48. The molecule has 1 fully saturated rings. The predicted molar refractivity (Wildman–Crippen MR) is 83.7 cm³/mol. The molecule has 0 radical (unpaired) electrons. The standard InChI is InChI=1S/C15H21BrN2O2/c1-15(7-3-2-4-8-15)11-17-10-12-5-6-13(16)14(9-12)18(19)20/h5-6,9,17H,2-4,7-8,10-11H2,1H3. The van der Waals surface area contributed by atoms with Crippen LogP contribution in [-0.4, -0.2) is 11.5 Å². The zero-order valence-corrected chi connectivity index (χ0v) is 13.4. The Morgan fingerprint density at radius 1 is 1.35 bits per heavy atom. The minimum Gasteiger partial charge on any atom is -0.312 e. The van der Waals surface area contributed by atoms with Gasteiger partial charge in [0.25, 0.3) is 5.69 Å².